The first-order valence-electron chi connectivity index (χ1n) is 13.1. The molecular formula is C31H30ClNO7S. The lowest BCUT2D eigenvalue weighted by Crippen LogP contribution is -2.48. The minimum absolute atomic E-state index is 0.0528. The smallest absolute Gasteiger partial charge is 0.343 e. The highest BCUT2D eigenvalue weighted by atomic mass is 35.5. The number of ether oxygens (including phenoxy) is 2. The maximum absolute atomic E-state index is 13.1. The summed E-state index contributed by atoms with van der Waals surface area (Å²) in [4.78, 5) is 28.0. The Morgan fingerprint density at radius 3 is 2.46 bits per heavy atom. The van der Waals surface area contributed by atoms with Gasteiger partial charge in [0.2, 0.25) is 5.91 Å². The number of carbonyl (C=O) groups excluding carboxylic acids is 2. The van der Waals surface area contributed by atoms with Crippen LogP contribution >= 0.6 is 11.6 Å². The number of esters is 1. The molecule has 0 aliphatic carbocycles. The van der Waals surface area contributed by atoms with Gasteiger partial charge in [0.25, 0.3) is 0 Å². The molecule has 8 nitrogen and oxygen atoms in total. The Hall–Kier alpha value is -3.82. The van der Waals surface area contributed by atoms with E-state index in [1.807, 2.05) is 24.3 Å². The number of aliphatic hydroxyl groups excluding tert-OH is 1. The van der Waals surface area contributed by atoms with E-state index in [4.69, 9.17) is 21.1 Å². The van der Waals surface area contributed by atoms with Crippen molar-refractivity contribution in [2.75, 3.05) is 26.5 Å². The molecule has 1 amide bonds. The quantitative estimate of drug-likeness (QED) is 0.392. The number of aryl methyl sites for hydroxylation is 1. The van der Waals surface area contributed by atoms with Gasteiger partial charge in [-0.15, -0.1) is 0 Å². The lowest BCUT2D eigenvalue weighted by Gasteiger charge is -2.38. The van der Waals surface area contributed by atoms with Gasteiger partial charge in [0, 0.05) is 42.8 Å². The molecule has 0 atom stereocenters. The first kappa shape index (κ1) is 28.7. The number of sulfone groups is 1. The van der Waals surface area contributed by atoms with E-state index in [1.165, 1.54) is 6.07 Å². The predicted octanol–water partition coefficient (Wildman–Crippen LogP) is 5.16. The third kappa shape index (κ3) is 5.56. The number of hydrogen-bond acceptors (Lipinski definition) is 7. The van der Waals surface area contributed by atoms with Gasteiger partial charge in [-0.2, -0.15) is 0 Å². The van der Waals surface area contributed by atoms with E-state index >= 15 is 0 Å². The van der Waals surface area contributed by atoms with Crippen LogP contribution in [0.3, 0.4) is 0 Å². The second-order valence-corrected chi connectivity index (χ2v) is 12.9. The third-order valence-corrected chi connectivity index (χ3v) is 9.15. The van der Waals surface area contributed by atoms with Crippen molar-refractivity contribution in [1.29, 1.82) is 0 Å². The predicted molar refractivity (Wildman–Crippen MR) is 156 cm³/mol. The highest BCUT2D eigenvalue weighted by Crippen LogP contribution is 2.45. The molecule has 0 radical (unpaired) electrons. The Morgan fingerprint density at radius 1 is 1.07 bits per heavy atom. The van der Waals surface area contributed by atoms with E-state index in [0.717, 1.165) is 11.8 Å². The van der Waals surface area contributed by atoms with Crippen molar-refractivity contribution < 1.29 is 32.6 Å². The molecule has 2 aliphatic rings. The zero-order valence-corrected chi connectivity index (χ0v) is 24.5. The number of rotatable bonds is 6. The van der Waals surface area contributed by atoms with Crippen LogP contribution in [0.15, 0.2) is 71.3 Å². The zero-order valence-electron chi connectivity index (χ0n) is 22.9. The van der Waals surface area contributed by atoms with Gasteiger partial charge in [-0.25, -0.2) is 13.2 Å². The number of hydrogen-bond donors (Lipinski definition) is 1. The molecule has 1 spiro atoms. The van der Waals surface area contributed by atoms with Crippen molar-refractivity contribution in [3.05, 3.63) is 88.1 Å². The van der Waals surface area contributed by atoms with Crippen LogP contribution < -0.4 is 4.74 Å². The molecule has 10 heteroatoms. The number of methoxy groups -OCH3 is 1. The second-order valence-electron chi connectivity index (χ2n) is 10.5. The largest absolute Gasteiger partial charge is 0.507 e. The summed E-state index contributed by atoms with van der Waals surface area (Å²) in [6.07, 6.45) is 1.89. The van der Waals surface area contributed by atoms with E-state index in [-0.39, 0.29) is 41.4 Å². The Kier molecular flexibility index (Phi) is 7.61. The molecule has 1 N–H and O–H groups in total. The van der Waals surface area contributed by atoms with Crippen LogP contribution in [0.5, 0.6) is 5.75 Å². The summed E-state index contributed by atoms with van der Waals surface area (Å²) >= 11 is 6.64. The molecule has 1 saturated heterocycles. The monoisotopic (exact) mass is 595 g/mol. The molecule has 0 aromatic heterocycles. The molecule has 5 rings (SSSR count). The van der Waals surface area contributed by atoms with E-state index in [2.05, 4.69) is 0 Å². The van der Waals surface area contributed by atoms with Gasteiger partial charge in [-0.3, -0.25) is 4.79 Å². The van der Waals surface area contributed by atoms with Crippen LogP contribution in [0.4, 0.5) is 0 Å². The number of aliphatic hydroxyl groups is 1. The second kappa shape index (κ2) is 10.9. The molecule has 3 aromatic rings. The SMILES string of the molecule is COc1cccc(CC(=O)N2CCC3(CC2)OC(=O)C(c2cc(Cl)c(-c4cccc(S(C)(=O)=O)c4)cc2C)=C3O)c1. The fourth-order valence-electron chi connectivity index (χ4n) is 5.43. The molecule has 41 heavy (non-hydrogen) atoms. The molecular weight excluding hydrogens is 566 g/mol. The minimum Gasteiger partial charge on any atom is -0.507 e. The summed E-state index contributed by atoms with van der Waals surface area (Å²) in [5, 5.41) is 11.6. The zero-order chi connectivity index (χ0) is 29.5. The van der Waals surface area contributed by atoms with Crippen LogP contribution in [0, 0.1) is 6.92 Å². The summed E-state index contributed by atoms with van der Waals surface area (Å²) in [5.41, 5.74) is 2.00. The highest BCUT2D eigenvalue weighted by molar-refractivity contribution is 7.90. The molecule has 2 aliphatic heterocycles. The first-order chi connectivity index (χ1) is 19.4. The van der Waals surface area contributed by atoms with E-state index in [9.17, 15) is 23.1 Å². The van der Waals surface area contributed by atoms with Crippen molar-refractivity contribution in [3.63, 3.8) is 0 Å². The van der Waals surface area contributed by atoms with Crippen LogP contribution in [-0.2, 0) is 30.6 Å². The third-order valence-electron chi connectivity index (χ3n) is 7.73. The molecule has 0 bridgehead atoms. The Bertz CT molecular complexity index is 1690. The summed E-state index contributed by atoms with van der Waals surface area (Å²) < 4.78 is 35.1. The summed E-state index contributed by atoms with van der Waals surface area (Å²) in [5.74, 6) is -0.184. The molecule has 1 fully saturated rings. The van der Waals surface area contributed by atoms with E-state index < -0.39 is 21.4 Å². The van der Waals surface area contributed by atoms with Gasteiger partial charge in [0.1, 0.15) is 11.3 Å². The Morgan fingerprint density at radius 2 is 1.78 bits per heavy atom. The fraction of sp³-hybridized carbons (Fsp3) is 0.290. The van der Waals surface area contributed by atoms with Gasteiger partial charge in [0.05, 0.1) is 18.4 Å². The minimum atomic E-state index is -3.41. The van der Waals surface area contributed by atoms with Gasteiger partial charge in [-0.1, -0.05) is 35.9 Å². The number of nitrogens with zero attached hydrogens (tertiary/aromatic N) is 1. The molecule has 0 saturated carbocycles. The Balaban J connectivity index is 1.37. The summed E-state index contributed by atoms with van der Waals surface area (Å²) in [6, 6.07) is 17.2. The average molecular weight is 596 g/mol. The number of carbonyl (C=O) groups is 2. The van der Waals surface area contributed by atoms with Crippen molar-refractivity contribution >= 4 is 38.9 Å². The maximum atomic E-state index is 13.1. The fourth-order valence-corrected chi connectivity index (χ4v) is 6.37. The topological polar surface area (TPSA) is 110 Å². The maximum Gasteiger partial charge on any atom is 0.343 e. The normalized spacial score (nSPS) is 16.7. The molecule has 0 unspecified atom stereocenters. The van der Waals surface area contributed by atoms with Crippen molar-refractivity contribution in [2.45, 2.75) is 36.7 Å². The number of likely N-dealkylation sites (tertiary alicyclic amines) is 1. The number of amides is 1. The number of halogens is 1. The standard InChI is InChI=1S/C31H30ClNO7S/c1-19-14-25(21-7-5-9-23(17-21)41(3,37)38)26(32)18-24(19)28-29(35)31(40-30(28)36)10-12-33(13-11-31)27(34)16-20-6-4-8-22(15-20)39-2/h4-9,14-15,17-18,35H,10-13,16H2,1-3H3. The lowest BCUT2D eigenvalue weighted by atomic mass is 9.86. The van der Waals surface area contributed by atoms with Crippen molar-refractivity contribution in [3.8, 4) is 16.9 Å². The molecule has 2 heterocycles. The van der Waals surface area contributed by atoms with E-state index in [0.29, 0.717) is 46.1 Å². The van der Waals surface area contributed by atoms with Gasteiger partial charge >= 0.3 is 5.97 Å². The van der Waals surface area contributed by atoms with Crippen molar-refractivity contribution in [2.24, 2.45) is 0 Å². The first-order valence-corrected chi connectivity index (χ1v) is 15.4. The van der Waals surface area contributed by atoms with Crippen LogP contribution in [0.1, 0.15) is 29.5 Å². The highest BCUT2D eigenvalue weighted by Gasteiger charge is 2.51. The van der Waals surface area contributed by atoms with Gasteiger partial charge in [-0.05, 0) is 65.6 Å². The van der Waals surface area contributed by atoms with E-state index in [1.54, 1.807) is 49.3 Å². The number of piperidine rings is 1. The van der Waals surface area contributed by atoms with Gasteiger partial charge in [0.15, 0.2) is 21.2 Å². The molecule has 214 valence electrons. The van der Waals surface area contributed by atoms with Crippen LogP contribution in [-0.4, -0.2) is 62.4 Å². The van der Waals surface area contributed by atoms with Gasteiger partial charge < -0.3 is 19.5 Å². The van der Waals surface area contributed by atoms with Crippen LogP contribution in [0.2, 0.25) is 5.02 Å². The average Bonchev–Trinajstić information content (AvgIpc) is 3.18. The summed E-state index contributed by atoms with van der Waals surface area (Å²) in [7, 11) is -1.84. The van der Waals surface area contributed by atoms with Crippen molar-refractivity contribution in [1.82, 2.24) is 4.90 Å². The summed E-state index contributed by atoms with van der Waals surface area (Å²) in [6.45, 7) is 2.43. The lowest BCUT2D eigenvalue weighted by molar-refractivity contribution is -0.152. The molecule has 3 aromatic carbocycles. The Labute approximate surface area is 244 Å². The van der Waals surface area contributed by atoms with Crippen LogP contribution in [0.25, 0.3) is 16.7 Å². The number of benzene rings is 3.